The third-order valence-corrected chi connectivity index (χ3v) is 10.3. The van der Waals surface area contributed by atoms with Crippen LogP contribution in [0.3, 0.4) is 0 Å². The lowest BCUT2D eigenvalue weighted by Crippen LogP contribution is -2.18. The molecule has 0 heterocycles. The molecular weight excluding hydrogens is 592 g/mol. The smallest absolute Gasteiger partial charge is 0.306 e. The Morgan fingerprint density at radius 1 is 0.375 bits per heavy atom. The van der Waals surface area contributed by atoms with Crippen LogP contribution < -0.4 is 0 Å². The molecule has 0 saturated carbocycles. The van der Waals surface area contributed by atoms with Crippen LogP contribution in [0.5, 0.6) is 0 Å². The Hall–Kier alpha value is -1.06. The van der Waals surface area contributed by atoms with E-state index in [1.54, 1.807) is 0 Å². The van der Waals surface area contributed by atoms with E-state index in [-0.39, 0.29) is 18.5 Å². The third kappa shape index (κ3) is 39.4. The number of rotatable bonds is 41. The number of ether oxygens (including phenoxy) is 1. The van der Waals surface area contributed by atoms with Crippen molar-refractivity contribution in [3.8, 4) is 0 Å². The molecule has 4 nitrogen and oxygen atoms in total. The minimum Gasteiger partial charge on any atom is -0.481 e. The van der Waals surface area contributed by atoms with Crippen LogP contribution in [0.1, 0.15) is 264 Å². The summed E-state index contributed by atoms with van der Waals surface area (Å²) in [5, 5.41) is 8.80. The molecule has 0 amide bonds. The summed E-state index contributed by atoms with van der Waals surface area (Å²) in [6.45, 7) is 4.55. The van der Waals surface area contributed by atoms with Gasteiger partial charge in [0.2, 0.25) is 0 Å². The molecule has 0 aliphatic rings. The molecule has 0 bridgehead atoms. The van der Waals surface area contributed by atoms with Crippen LogP contribution in [0.15, 0.2) is 0 Å². The topological polar surface area (TPSA) is 63.6 Å². The Morgan fingerprint density at radius 2 is 0.625 bits per heavy atom. The quantitative estimate of drug-likeness (QED) is 0.0516. The molecule has 0 saturated heterocycles. The van der Waals surface area contributed by atoms with Crippen LogP contribution in [-0.4, -0.2) is 23.1 Å². The lowest BCUT2D eigenvalue weighted by atomic mass is 10.0. The number of carbonyl (C=O) groups excluding carboxylic acids is 1. The summed E-state index contributed by atoms with van der Waals surface area (Å²) < 4.78 is 5.99. The average Bonchev–Trinajstić information content (AvgIpc) is 3.07. The molecule has 1 N–H and O–H groups in total. The molecule has 0 aliphatic carbocycles. The Balaban J connectivity index is 3.69. The van der Waals surface area contributed by atoms with E-state index in [1.807, 2.05) is 0 Å². The maximum atomic E-state index is 12.6. The fourth-order valence-corrected chi connectivity index (χ4v) is 7.07. The summed E-state index contributed by atoms with van der Waals surface area (Å²) in [6, 6.07) is 0. The normalized spacial score (nSPS) is 12.0. The Kier molecular flexibility index (Phi) is 39.5. The Morgan fingerprint density at radius 3 is 0.917 bits per heavy atom. The maximum absolute atomic E-state index is 12.6. The zero-order valence-corrected chi connectivity index (χ0v) is 32.8. The SMILES string of the molecule is CCCCCCCCCCCCCCCCCCCCCCCCCC(=O)OC(CCCCCCCCC)CCCCCCCC(=O)O. The molecule has 0 rings (SSSR count). The summed E-state index contributed by atoms with van der Waals surface area (Å²) in [7, 11) is 0. The molecule has 1 atom stereocenters. The van der Waals surface area contributed by atoms with Crippen molar-refractivity contribution in [3.63, 3.8) is 0 Å². The standard InChI is InChI=1S/C44H86O4/c1-3-5-7-9-11-12-13-14-15-16-17-18-19-20-21-22-23-24-25-26-28-33-37-41-44(47)48-42(38-34-30-27-10-8-6-4-2)39-35-31-29-32-36-40-43(45)46/h42H,3-41H2,1-2H3,(H,45,46). The first kappa shape index (κ1) is 46.9. The summed E-state index contributed by atoms with van der Waals surface area (Å²) in [5.74, 6) is -0.690. The van der Waals surface area contributed by atoms with Gasteiger partial charge in [0.1, 0.15) is 6.10 Å². The number of hydrogen-bond donors (Lipinski definition) is 1. The van der Waals surface area contributed by atoms with Gasteiger partial charge in [0.05, 0.1) is 0 Å². The second-order valence-corrected chi connectivity index (χ2v) is 15.3. The molecule has 0 aromatic heterocycles. The van der Waals surface area contributed by atoms with Crippen molar-refractivity contribution in [2.24, 2.45) is 0 Å². The number of aliphatic carboxylic acids is 1. The highest BCUT2D eigenvalue weighted by atomic mass is 16.5. The molecule has 48 heavy (non-hydrogen) atoms. The van der Waals surface area contributed by atoms with Crippen molar-refractivity contribution in [1.29, 1.82) is 0 Å². The number of unbranched alkanes of at least 4 members (excludes halogenated alkanes) is 32. The van der Waals surface area contributed by atoms with E-state index in [0.717, 1.165) is 64.2 Å². The highest BCUT2D eigenvalue weighted by Crippen LogP contribution is 2.19. The van der Waals surface area contributed by atoms with E-state index < -0.39 is 5.97 Å². The number of hydrogen-bond acceptors (Lipinski definition) is 3. The Bertz CT molecular complexity index is 648. The number of esters is 1. The van der Waals surface area contributed by atoms with Gasteiger partial charge >= 0.3 is 11.9 Å². The van der Waals surface area contributed by atoms with E-state index in [1.165, 1.54) is 173 Å². The molecule has 0 aromatic carbocycles. The van der Waals surface area contributed by atoms with E-state index in [9.17, 15) is 9.59 Å². The minimum atomic E-state index is -0.697. The van der Waals surface area contributed by atoms with Crippen LogP contribution >= 0.6 is 0 Å². The van der Waals surface area contributed by atoms with Crippen molar-refractivity contribution in [3.05, 3.63) is 0 Å². The van der Waals surface area contributed by atoms with E-state index in [4.69, 9.17) is 9.84 Å². The maximum Gasteiger partial charge on any atom is 0.306 e. The van der Waals surface area contributed by atoms with E-state index in [2.05, 4.69) is 13.8 Å². The first-order chi connectivity index (χ1) is 23.6. The van der Waals surface area contributed by atoms with Crippen LogP contribution in [0, 0.1) is 0 Å². The predicted octanol–water partition coefficient (Wildman–Crippen LogP) is 15.2. The van der Waals surface area contributed by atoms with Crippen LogP contribution in [-0.2, 0) is 14.3 Å². The first-order valence-electron chi connectivity index (χ1n) is 22.0. The molecule has 0 spiro atoms. The zero-order chi connectivity index (χ0) is 35.0. The number of carboxylic acid groups (broad SMARTS) is 1. The summed E-state index contributed by atoms with van der Waals surface area (Å²) >= 11 is 0. The van der Waals surface area contributed by atoms with Gasteiger partial charge in [-0.1, -0.05) is 213 Å². The molecule has 0 aromatic rings. The van der Waals surface area contributed by atoms with Gasteiger partial charge in [0, 0.05) is 12.8 Å². The van der Waals surface area contributed by atoms with Crippen LogP contribution in [0.4, 0.5) is 0 Å². The fourth-order valence-electron chi connectivity index (χ4n) is 7.07. The van der Waals surface area contributed by atoms with Crippen molar-refractivity contribution in [2.75, 3.05) is 0 Å². The number of carboxylic acids is 1. The summed E-state index contributed by atoms with van der Waals surface area (Å²) in [6.07, 6.45) is 48.7. The summed E-state index contributed by atoms with van der Waals surface area (Å²) in [5.41, 5.74) is 0. The largest absolute Gasteiger partial charge is 0.481 e. The molecule has 1 unspecified atom stereocenters. The van der Waals surface area contributed by atoms with Gasteiger partial charge in [0.25, 0.3) is 0 Å². The van der Waals surface area contributed by atoms with E-state index >= 15 is 0 Å². The lowest BCUT2D eigenvalue weighted by molar-refractivity contribution is -0.150. The molecule has 4 heteroatoms. The highest BCUT2D eigenvalue weighted by molar-refractivity contribution is 5.69. The van der Waals surface area contributed by atoms with Gasteiger partial charge in [-0.05, 0) is 38.5 Å². The molecule has 286 valence electrons. The minimum absolute atomic E-state index is 0.00732. The van der Waals surface area contributed by atoms with Crippen molar-refractivity contribution >= 4 is 11.9 Å². The van der Waals surface area contributed by atoms with Crippen LogP contribution in [0.2, 0.25) is 0 Å². The van der Waals surface area contributed by atoms with Gasteiger partial charge in [-0.25, -0.2) is 0 Å². The average molecular weight is 679 g/mol. The molecular formula is C44H86O4. The monoisotopic (exact) mass is 679 g/mol. The Labute approximate surface area is 301 Å². The molecule has 0 radical (unpaired) electrons. The second-order valence-electron chi connectivity index (χ2n) is 15.3. The zero-order valence-electron chi connectivity index (χ0n) is 32.8. The molecule has 0 aliphatic heterocycles. The third-order valence-electron chi connectivity index (χ3n) is 10.3. The van der Waals surface area contributed by atoms with Gasteiger partial charge < -0.3 is 9.84 Å². The summed E-state index contributed by atoms with van der Waals surface area (Å²) in [4.78, 5) is 23.3. The second kappa shape index (κ2) is 40.4. The van der Waals surface area contributed by atoms with Crippen LogP contribution in [0.25, 0.3) is 0 Å². The fraction of sp³-hybridized carbons (Fsp3) is 0.955. The van der Waals surface area contributed by atoms with Crippen molar-refractivity contribution in [1.82, 2.24) is 0 Å². The predicted molar refractivity (Wildman–Crippen MR) is 209 cm³/mol. The number of carbonyl (C=O) groups is 2. The van der Waals surface area contributed by atoms with Crippen molar-refractivity contribution in [2.45, 2.75) is 270 Å². The van der Waals surface area contributed by atoms with Gasteiger partial charge in [0.15, 0.2) is 0 Å². The van der Waals surface area contributed by atoms with Gasteiger partial charge in [-0.3, -0.25) is 9.59 Å². The first-order valence-corrected chi connectivity index (χ1v) is 22.0. The molecule has 0 fully saturated rings. The van der Waals surface area contributed by atoms with Crippen molar-refractivity contribution < 1.29 is 19.4 Å². The van der Waals surface area contributed by atoms with Gasteiger partial charge in [-0.2, -0.15) is 0 Å². The van der Waals surface area contributed by atoms with Gasteiger partial charge in [-0.15, -0.1) is 0 Å². The van der Waals surface area contributed by atoms with E-state index in [0.29, 0.717) is 6.42 Å². The lowest BCUT2D eigenvalue weighted by Gasteiger charge is -2.18. The highest BCUT2D eigenvalue weighted by Gasteiger charge is 2.14.